The van der Waals surface area contributed by atoms with Crippen molar-refractivity contribution >= 4 is 11.8 Å². The fourth-order valence-corrected chi connectivity index (χ4v) is 2.42. The molecule has 1 nitrogen and oxygen atoms in total. The van der Waals surface area contributed by atoms with E-state index in [4.69, 9.17) is 5.26 Å². The average molecular weight is 261 g/mol. The van der Waals surface area contributed by atoms with Gasteiger partial charge in [0.15, 0.2) is 0 Å². The van der Waals surface area contributed by atoms with Gasteiger partial charge in [0.2, 0.25) is 0 Å². The Labute approximate surface area is 108 Å². The Morgan fingerprint density at radius 1 is 1.06 bits per heavy atom. The van der Waals surface area contributed by atoms with Gasteiger partial charge in [0.1, 0.15) is 17.7 Å². The molecule has 4 heteroatoms. The lowest BCUT2D eigenvalue weighted by Crippen LogP contribution is -1.87. The van der Waals surface area contributed by atoms with Crippen LogP contribution in [0.15, 0.2) is 46.2 Å². The molecule has 0 bridgehead atoms. The number of aryl methyl sites for hydroxylation is 1. The number of benzene rings is 2. The molecule has 0 aliphatic heterocycles. The predicted molar refractivity (Wildman–Crippen MR) is 66.4 cm³/mol. The van der Waals surface area contributed by atoms with Crippen molar-refractivity contribution in [2.24, 2.45) is 0 Å². The second-order valence-corrected chi connectivity index (χ2v) is 4.87. The maximum absolute atomic E-state index is 13.5. The number of hydrogen-bond acceptors (Lipinski definition) is 2. The zero-order chi connectivity index (χ0) is 13.1. The summed E-state index contributed by atoms with van der Waals surface area (Å²) < 4.78 is 26.6. The van der Waals surface area contributed by atoms with Crippen LogP contribution in [0.5, 0.6) is 0 Å². The Balaban J connectivity index is 2.40. The Bertz CT molecular complexity index is 632. The minimum absolute atomic E-state index is 0.176. The molecule has 2 aromatic carbocycles. The predicted octanol–water partition coefficient (Wildman–Crippen LogP) is 4.30. The van der Waals surface area contributed by atoms with Gasteiger partial charge in [0, 0.05) is 4.90 Å². The largest absolute Gasteiger partial charge is 0.207 e. The van der Waals surface area contributed by atoms with E-state index in [-0.39, 0.29) is 4.90 Å². The molecule has 18 heavy (non-hydrogen) atoms. The highest BCUT2D eigenvalue weighted by Crippen LogP contribution is 2.32. The molecule has 0 amide bonds. The molecule has 0 heterocycles. The summed E-state index contributed by atoms with van der Waals surface area (Å²) in [7, 11) is 0. The molecule has 0 unspecified atom stereocenters. The Hall–Kier alpha value is -1.86. The fraction of sp³-hybridized carbons (Fsp3) is 0.0714. The van der Waals surface area contributed by atoms with Crippen LogP contribution in [0, 0.1) is 29.9 Å². The zero-order valence-electron chi connectivity index (χ0n) is 9.58. The number of hydrogen-bond donors (Lipinski definition) is 0. The van der Waals surface area contributed by atoms with E-state index in [1.807, 2.05) is 13.0 Å². The van der Waals surface area contributed by atoms with Gasteiger partial charge < -0.3 is 0 Å². The molecular formula is C14H9F2NS. The van der Waals surface area contributed by atoms with Crippen molar-refractivity contribution in [1.82, 2.24) is 0 Å². The van der Waals surface area contributed by atoms with E-state index in [0.717, 1.165) is 35.5 Å². The van der Waals surface area contributed by atoms with Crippen molar-refractivity contribution < 1.29 is 8.78 Å². The summed E-state index contributed by atoms with van der Waals surface area (Å²) in [5, 5.41) is 9.01. The number of nitrogens with zero attached hydrogens (tertiary/aromatic N) is 1. The highest BCUT2D eigenvalue weighted by molar-refractivity contribution is 7.99. The lowest BCUT2D eigenvalue weighted by atomic mass is 10.2. The third kappa shape index (κ3) is 2.69. The SMILES string of the molecule is Cc1ccc(Sc2cc(F)ccc2F)c(C#N)c1. The molecule has 0 N–H and O–H groups in total. The number of rotatable bonds is 2. The van der Waals surface area contributed by atoms with Crippen molar-refractivity contribution in [3.8, 4) is 6.07 Å². The Morgan fingerprint density at radius 2 is 1.83 bits per heavy atom. The van der Waals surface area contributed by atoms with Gasteiger partial charge in [-0.3, -0.25) is 0 Å². The summed E-state index contributed by atoms with van der Waals surface area (Å²) in [6.07, 6.45) is 0. The van der Waals surface area contributed by atoms with Gasteiger partial charge in [-0.15, -0.1) is 0 Å². The topological polar surface area (TPSA) is 23.8 Å². The first kappa shape index (κ1) is 12.6. The molecule has 0 saturated carbocycles. The van der Waals surface area contributed by atoms with E-state index in [2.05, 4.69) is 6.07 Å². The minimum Gasteiger partial charge on any atom is -0.207 e. The van der Waals surface area contributed by atoms with Crippen LogP contribution in [-0.2, 0) is 0 Å². The molecular weight excluding hydrogens is 252 g/mol. The molecule has 2 aromatic rings. The highest BCUT2D eigenvalue weighted by Gasteiger charge is 2.09. The number of halogens is 2. The molecule has 0 spiro atoms. The molecule has 0 saturated heterocycles. The highest BCUT2D eigenvalue weighted by atomic mass is 32.2. The third-order valence-electron chi connectivity index (χ3n) is 2.37. The molecule has 0 radical (unpaired) electrons. The van der Waals surface area contributed by atoms with E-state index < -0.39 is 11.6 Å². The Kier molecular flexibility index (Phi) is 3.63. The third-order valence-corrected chi connectivity index (χ3v) is 3.48. The summed E-state index contributed by atoms with van der Waals surface area (Å²) >= 11 is 1.05. The number of nitriles is 1. The van der Waals surface area contributed by atoms with E-state index in [0.29, 0.717) is 10.5 Å². The maximum atomic E-state index is 13.5. The van der Waals surface area contributed by atoms with Gasteiger partial charge in [-0.05, 0) is 42.8 Å². The van der Waals surface area contributed by atoms with Crippen molar-refractivity contribution in [2.45, 2.75) is 16.7 Å². The standard InChI is InChI=1S/C14H9F2NS/c1-9-2-5-13(10(6-9)8-17)18-14-7-11(15)3-4-12(14)16/h2-7H,1H3. The Morgan fingerprint density at radius 3 is 2.56 bits per heavy atom. The molecule has 0 aromatic heterocycles. The first-order chi connectivity index (χ1) is 8.60. The maximum Gasteiger partial charge on any atom is 0.137 e. The van der Waals surface area contributed by atoms with Gasteiger partial charge in [-0.1, -0.05) is 17.8 Å². The second-order valence-electron chi connectivity index (χ2n) is 3.79. The van der Waals surface area contributed by atoms with Crippen LogP contribution in [0.2, 0.25) is 0 Å². The molecule has 0 aliphatic carbocycles. The van der Waals surface area contributed by atoms with Gasteiger partial charge in [-0.25, -0.2) is 8.78 Å². The van der Waals surface area contributed by atoms with E-state index in [1.165, 1.54) is 0 Å². The van der Waals surface area contributed by atoms with Crippen molar-refractivity contribution in [2.75, 3.05) is 0 Å². The molecule has 90 valence electrons. The average Bonchev–Trinajstić information content (AvgIpc) is 2.36. The summed E-state index contributed by atoms with van der Waals surface area (Å²) in [5.41, 5.74) is 1.42. The van der Waals surface area contributed by atoms with Crippen LogP contribution >= 0.6 is 11.8 Å². The van der Waals surface area contributed by atoms with Crippen molar-refractivity contribution in [3.63, 3.8) is 0 Å². The van der Waals surface area contributed by atoms with Crippen LogP contribution < -0.4 is 0 Å². The monoisotopic (exact) mass is 261 g/mol. The van der Waals surface area contributed by atoms with E-state index in [1.54, 1.807) is 12.1 Å². The lowest BCUT2D eigenvalue weighted by Gasteiger charge is -2.06. The summed E-state index contributed by atoms with van der Waals surface area (Å²) in [6.45, 7) is 1.87. The van der Waals surface area contributed by atoms with Gasteiger partial charge in [0.25, 0.3) is 0 Å². The van der Waals surface area contributed by atoms with Gasteiger partial charge in [-0.2, -0.15) is 5.26 Å². The zero-order valence-corrected chi connectivity index (χ0v) is 10.4. The first-order valence-corrected chi connectivity index (χ1v) is 6.05. The van der Waals surface area contributed by atoms with Crippen LogP contribution in [-0.4, -0.2) is 0 Å². The molecule has 0 atom stereocenters. The lowest BCUT2D eigenvalue weighted by molar-refractivity contribution is 0.577. The van der Waals surface area contributed by atoms with Crippen LogP contribution in [0.1, 0.15) is 11.1 Å². The quantitative estimate of drug-likeness (QED) is 0.805. The summed E-state index contributed by atoms with van der Waals surface area (Å²) in [4.78, 5) is 0.794. The van der Waals surface area contributed by atoms with Gasteiger partial charge >= 0.3 is 0 Å². The van der Waals surface area contributed by atoms with E-state index in [9.17, 15) is 8.78 Å². The fourth-order valence-electron chi connectivity index (χ4n) is 1.49. The second kappa shape index (κ2) is 5.19. The van der Waals surface area contributed by atoms with E-state index >= 15 is 0 Å². The minimum atomic E-state index is -0.496. The first-order valence-electron chi connectivity index (χ1n) is 5.24. The van der Waals surface area contributed by atoms with Crippen molar-refractivity contribution in [1.29, 1.82) is 5.26 Å². The molecule has 2 rings (SSSR count). The molecule has 0 fully saturated rings. The van der Waals surface area contributed by atoms with Crippen LogP contribution in [0.3, 0.4) is 0 Å². The van der Waals surface area contributed by atoms with Crippen LogP contribution in [0.25, 0.3) is 0 Å². The van der Waals surface area contributed by atoms with Crippen molar-refractivity contribution in [3.05, 3.63) is 59.2 Å². The van der Waals surface area contributed by atoms with Gasteiger partial charge in [0.05, 0.1) is 10.5 Å². The molecule has 0 aliphatic rings. The van der Waals surface area contributed by atoms with Crippen LogP contribution in [0.4, 0.5) is 8.78 Å². The normalized spacial score (nSPS) is 10.1. The summed E-state index contributed by atoms with van der Waals surface area (Å²) in [5.74, 6) is -0.990. The smallest absolute Gasteiger partial charge is 0.137 e. The summed E-state index contributed by atoms with van der Waals surface area (Å²) in [6, 6.07) is 10.6.